The third-order valence-corrected chi connectivity index (χ3v) is 10.8. The Morgan fingerprint density at radius 3 is 2.43 bits per heavy atom. The van der Waals surface area contributed by atoms with Gasteiger partial charge in [-0.15, -0.1) is 13.2 Å². The standard InChI is InChI=1S/C39H42F3NO6/c1-25-5-4-19-37(2)34(18-20-38(37)24-43(36(46)49-38)23-26-7-13-31(14-8-26)48-39(40,41)42)32-17-9-27(21-29(44)12-6-25)22-33(32)35(45)28-10-15-30(47-3)16-11-28/h5,7-11,13-17,22,29,34,44H,4,6,12,18-21,23-24H2,1-3H3/t29-,34-,37-,38+/m0/s1. The van der Waals surface area contributed by atoms with Gasteiger partial charge >= 0.3 is 12.5 Å². The summed E-state index contributed by atoms with van der Waals surface area (Å²) in [5.74, 6) is 0.0800. The Morgan fingerprint density at radius 2 is 1.73 bits per heavy atom. The van der Waals surface area contributed by atoms with Gasteiger partial charge in [-0.2, -0.15) is 0 Å². The number of halogens is 3. The zero-order valence-electron chi connectivity index (χ0n) is 28.0. The van der Waals surface area contributed by atoms with Gasteiger partial charge < -0.3 is 19.3 Å². The van der Waals surface area contributed by atoms with E-state index < -0.39 is 29.6 Å². The monoisotopic (exact) mass is 677 g/mol. The summed E-state index contributed by atoms with van der Waals surface area (Å²) >= 11 is 0. The Kier molecular flexibility index (Phi) is 9.55. The third kappa shape index (κ3) is 7.20. The minimum absolute atomic E-state index is 0.119. The van der Waals surface area contributed by atoms with Crippen molar-refractivity contribution in [1.29, 1.82) is 0 Å². The highest BCUT2D eigenvalue weighted by Gasteiger charge is 2.64. The molecule has 3 aromatic rings. The molecule has 3 aromatic carbocycles. The zero-order chi connectivity index (χ0) is 35.0. The molecular weight excluding hydrogens is 635 g/mol. The molecule has 1 aliphatic heterocycles. The number of carbonyl (C=O) groups excluding carboxylic acids is 2. The van der Waals surface area contributed by atoms with Crippen LogP contribution in [0.3, 0.4) is 0 Å². The van der Waals surface area contributed by atoms with Crippen LogP contribution in [0.4, 0.5) is 18.0 Å². The van der Waals surface area contributed by atoms with Gasteiger partial charge in [0, 0.05) is 23.1 Å². The zero-order valence-corrected chi connectivity index (χ0v) is 28.0. The number of rotatable bonds is 6. The van der Waals surface area contributed by atoms with E-state index in [4.69, 9.17) is 9.47 Å². The molecule has 4 aliphatic rings. The van der Waals surface area contributed by atoms with E-state index in [1.54, 1.807) is 36.3 Å². The number of benzene rings is 3. The average Bonchev–Trinajstić information content (AvgIpc) is 3.53. The topological polar surface area (TPSA) is 85.3 Å². The van der Waals surface area contributed by atoms with Gasteiger partial charge in [-0.1, -0.05) is 42.8 Å². The Bertz CT molecular complexity index is 1720. The van der Waals surface area contributed by atoms with Gasteiger partial charge in [-0.05, 0) is 117 Å². The molecular formula is C39H42F3NO6. The number of amides is 1. The van der Waals surface area contributed by atoms with Gasteiger partial charge in [0.25, 0.3) is 0 Å². The lowest BCUT2D eigenvalue weighted by Gasteiger charge is -2.43. The molecule has 1 heterocycles. The molecule has 2 fully saturated rings. The van der Waals surface area contributed by atoms with Crippen LogP contribution in [-0.4, -0.2) is 53.6 Å². The number of allylic oxidation sites excluding steroid dienone is 2. The van der Waals surface area contributed by atoms with E-state index in [2.05, 4.69) is 24.7 Å². The van der Waals surface area contributed by atoms with E-state index in [9.17, 15) is 27.9 Å². The third-order valence-electron chi connectivity index (χ3n) is 10.8. The molecule has 7 nitrogen and oxygen atoms in total. The second-order valence-electron chi connectivity index (χ2n) is 13.9. The molecule has 0 radical (unpaired) electrons. The molecule has 49 heavy (non-hydrogen) atoms. The molecule has 1 amide bonds. The van der Waals surface area contributed by atoms with Crippen molar-refractivity contribution in [1.82, 2.24) is 4.90 Å². The number of aliphatic hydroxyl groups excluding tert-OH is 1. The van der Waals surface area contributed by atoms with Gasteiger partial charge in [0.15, 0.2) is 5.78 Å². The fourth-order valence-corrected chi connectivity index (χ4v) is 8.02. The Morgan fingerprint density at radius 1 is 1.02 bits per heavy atom. The lowest BCUT2D eigenvalue weighted by molar-refractivity contribution is -0.274. The smallest absolute Gasteiger partial charge is 0.497 e. The van der Waals surface area contributed by atoms with Crippen LogP contribution in [0.25, 0.3) is 0 Å². The summed E-state index contributed by atoms with van der Waals surface area (Å²) in [7, 11) is 1.58. The van der Waals surface area contributed by atoms with Gasteiger partial charge in [0.1, 0.15) is 17.1 Å². The number of fused-ring (bicyclic) bond motifs is 8. The number of methoxy groups -OCH3 is 1. The van der Waals surface area contributed by atoms with Crippen LogP contribution in [0.1, 0.15) is 90.9 Å². The van der Waals surface area contributed by atoms with Crippen molar-refractivity contribution < 1.29 is 42.1 Å². The summed E-state index contributed by atoms with van der Waals surface area (Å²) in [6.45, 7) is 4.73. The molecule has 0 aromatic heterocycles. The van der Waals surface area contributed by atoms with Crippen molar-refractivity contribution in [3.05, 3.63) is 106 Å². The van der Waals surface area contributed by atoms with E-state index >= 15 is 0 Å². The highest BCUT2D eigenvalue weighted by Crippen LogP contribution is 2.62. The largest absolute Gasteiger partial charge is 0.573 e. The van der Waals surface area contributed by atoms with Crippen molar-refractivity contribution in [2.75, 3.05) is 13.7 Å². The number of aliphatic hydroxyl groups is 1. The van der Waals surface area contributed by atoms with E-state index in [1.165, 1.54) is 29.8 Å². The molecule has 2 bridgehead atoms. The van der Waals surface area contributed by atoms with Crippen LogP contribution in [-0.2, 0) is 17.7 Å². The van der Waals surface area contributed by atoms with Crippen LogP contribution in [0.15, 0.2) is 78.4 Å². The summed E-state index contributed by atoms with van der Waals surface area (Å²) in [4.78, 5) is 29.4. The number of ether oxygens (including phenoxy) is 3. The SMILES string of the molecule is COc1ccc(C(=O)c2cc3ccc2[C@@H]2CC[C@@]4(CN(Cc5ccc(OC(F)(F)F)cc5)C(=O)O4)[C@@]2(C)CCC=C(C)CC[C@H](O)C3)cc1. The normalized spacial score (nSPS) is 25.8. The molecule has 3 aliphatic carbocycles. The predicted octanol–water partition coefficient (Wildman–Crippen LogP) is 8.52. The molecule has 4 atom stereocenters. The first-order chi connectivity index (χ1) is 23.3. The first-order valence-electron chi connectivity index (χ1n) is 16.8. The summed E-state index contributed by atoms with van der Waals surface area (Å²) in [5.41, 5.74) is 3.32. The van der Waals surface area contributed by atoms with Crippen molar-refractivity contribution in [2.24, 2.45) is 5.41 Å². The Hall–Kier alpha value is -4.31. The van der Waals surface area contributed by atoms with Crippen molar-refractivity contribution in [3.63, 3.8) is 0 Å². The average molecular weight is 678 g/mol. The van der Waals surface area contributed by atoms with Gasteiger partial charge in [-0.25, -0.2) is 4.79 Å². The van der Waals surface area contributed by atoms with Gasteiger partial charge in [-0.3, -0.25) is 9.69 Å². The lowest BCUT2D eigenvalue weighted by atomic mass is 9.64. The molecule has 10 heteroatoms. The van der Waals surface area contributed by atoms with Crippen molar-refractivity contribution in [3.8, 4) is 11.5 Å². The van der Waals surface area contributed by atoms with Crippen LogP contribution in [0.2, 0.25) is 0 Å². The summed E-state index contributed by atoms with van der Waals surface area (Å²) in [6, 6.07) is 18.5. The second-order valence-corrected chi connectivity index (χ2v) is 13.9. The Balaban J connectivity index is 1.36. The molecule has 1 saturated heterocycles. The van der Waals surface area contributed by atoms with Crippen molar-refractivity contribution in [2.45, 2.75) is 89.3 Å². The maximum Gasteiger partial charge on any atom is 0.573 e. The summed E-state index contributed by atoms with van der Waals surface area (Å²) in [6.07, 6.45) is 0.887. The molecule has 0 unspecified atom stereocenters. The summed E-state index contributed by atoms with van der Waals surface area (Å²) < 4.78 is 53.7. The van der Waals surface area contributed by atoms with Crippen LogP contribution >= 0.6 is 0 Å². The fraction of sp³-hybridized carbons (Fsp3) is 0.436. The molecule has 7 rings (SSSR count). The van der Waals surface area contributed by atoms with E-state index in [-0.39, 0.29) is 24.0 Å². The van der Waals surface area contributed by atoms with Gasteiger partial charge in [0.2, 0.25) is 0 Å². The first kappa shape index (κ1) is 34.5. The molecule has 260 valence electrons. The lowest BCUT2D eigenvalue weighted by Crippen LogP contribution is -2.48. The number of ketones is 1. The maximum atomic E-state index is 14.3. The second kappa shape index (κ2) is 13.5. The number of hydrogen-bond acceptors (Lipinski definition) is 6. The quantitative estimate of drug-likeness (QED) is 0.208. The van der Waals surface area contributed by atoms with E-state index in [1.807, 2.05) is 18.2 Å². The number of nitrogens with zero attached hydrogens (tertiary/aromatic N) is 1. The van der Waals surface area contributed by atoms with E-state index in [0.717, 1.165) is 24.0 Å². The number of hydrogen-bond donors (Lipinski definition) is 1. The minimum atomic E-state index is -4.79. The molecule has 1 spiro atoms. The molecule has 1 saturated carbocycles. The highest BCUT2D eigenvalue weighted by atomic mass is 19.4. The maximum absolute atomic E-state index is 14.3. The van der Waals surface area contributed by atoms with Crippen molar-refractivity contribution >= 4 is 11.9 Å². The van der Waals surface area contributed by atoms with Crippen LogP contribution < -0.4 is 9.47 Å². The first-order valence-corrected chi connectivity index (χ1v) is 16.8. The van der Waals surface area contributed by atoms with E-state index in [0.29, 0.717) is 61.1 Å². The summed E-state index contributed by atoms with van der Waals surface area (Å²) in [5, 5.41) is 10.9. The highest BCUT2D eigenvalue weighted by molar-refractivity contribution is 6.10. The number of alkyl halides is 3. The fourth-order valence-electron chi connectivity index (χ4n) is 8.02. The molecule has 1 N–H and O–H groups in total. The van der Waals surface area contributed by atoms with Crippen LogP contribution in [0.5, 0.6) is 11.5 Å². The van der Waals surface area contributed by atoms with Crippen LogP contribution in [0, 0.1) is 5.41 Å². The number of carbonyl (C=O) groups is 2. The predicted molar refractivity (Wildman–Crippen MR) is 178 cm³/mol. The Labute approximate surface area is 284 Å². The minimum Gasteiger partial charge on any atom is -0.497 e. The van der Waals surface area contributed by atoms with Gasteiger partial charge in [0.05, 0.1) is 19.8 Å².